The standard InChI is InChI=1S/C13H21N3O2S/c1-16(11-13-6-4-9-15-13)19(17,18)10-7-12-5-2-3-8-14-12/h2-3,5,8,13,15H,4,6-7,9-11H2,1H3. The number of aromatic nitrogens is 1. The van der Waals surface area contributed by atoms with E-state index in [2.05, 4.69) is 10.3 Å². The Morgan fingerprint density at radius 1 is 1.47 bits per heavy atom. The molecule has 2 heterocycles. The van der Waals surface area contributed by atoms with Gasteiger partial charge in [-0.15, -0.1) is 0 Å². The van der Waals surface area contributed by atoms with Crippen molar-refractivity contribution in [2.24, 2.45) is 0 Å². The Balaban J connectivity index is 1.86. The largest absolute Gasteiger partial charge is 0.313 e. The van der Waals surface area contributed by atoms with E-state index in [1.165, 1.54) is 4.31 Å². The highest BCUT2D eigenvalue weighted by Crippen LogP contribution is 2.09. The molecule has 6 heteroatoms. The van der Waals surface area contributed by atoms with Gasteiger partial charge in [0.15, 0.2) is 0 Å². The fourth-order valence-corrected chi connectivity index (χ4v) is 3.46. The SMILES string of the molecule is CN(CC1CCCN1)S(=O)(=O)CCc1ccccn1. The molecule has 1 aliphatic rings. The van der Waals surface area contributed by atoms with Crippen LogP contribution in [0.2, 0.25) is 0 Å². The van der Waals surface area contributed by atoms with Crippen LogP contribution in [0, 0.1) is 0 Å². The van der Waals surface area contributed by atoms with Crippen LogP contribution in [0.25, 0.3) is 0 Å². The summed E-state index contributed by atoms with van der Waals surface area (Å²) in [6, 6.07) is 5.86. The van der Waals surface area contributed by atoms with E-state index in [1.807, 2.05) is 18.2 Å². The van der Waals surface area contributed by atoms with Crippen LogP contribution < -0.4 is 5.32 Å². The third-order valence-electron chi connectivity index (χ3n) is 3.46. The Labute approximate surface area is 115 Å². The molecule has 0 aromatic carbocycles. The summed E-state index contributed by atoms with van der Waals surface area (Å²) < 4.78 is 25.8. The van der Waals surface area contributed by atoms with Crippen molar-refractivity contribution >= 4 is 10.0 Å². The zero-order valence-electron chi connectivity index (χ0n) is 11.2. The predicted molar refractivity (Wildman–Crippen MR) is 75.4 cm³/mol. The molecule has 0 radical (unpaired) electrons. The lowest BCUT2D eigenvalue weighted by molar-refractivity contribution is 0.417. The van der Waals surface area contributed by atoms with Crippen molar-refractivity contribution in [1.82, 2.24) is 14.6 Å². The molecule has 2 rings (SSSR count). The molecule has 1 atom stereocenters. The topological polar surface area (TPSA) is 62.3 Å². The fourth-order valence-electron chi connectivity index (χ4n) is 2.27. The quantitative estimate of drug-likeness (QED) is 0.832. The second-order valence-corrected chi connectivity index (χ2v) is 7.16. The molecule has 0 amide bonds. The molecule has 1 aromatic rings. The Morgan fingerprint density at radius 3 is 2.95 bits per heavy atom. The zero-order chi connectivity index (χ0) is 13.7. The third kappa shape index (κ3) is 4.26. The van der Waals surface area contributed by atoms with Crippen LogP contribution >= 0.6 is 0 Å². The molecule has 0 aliphatic carbocycles. The monoisotopic (exact) mass is 283 g/mol. The van der Waals surface area contributed by atoms with Crippen LogP contribution in [0.1, 0.15) is 18.5 Å². The van der Waals surface area contributed by atoms with Crippen LogP contribution in [0.5, 0.6) is 0 Å². The lowest BCUT2D eigenvalue weighted by Crippen LogP contribution is -2.39. The first kappa shape index (κ1) is 14.4. The highest BCUT2D eigenvalue weighted by molar-refractivity contribution is 7.89. The maximum absolute atomic E-state index is 12.2. The molecular weight excluding hydrogens is 262 g/mol. The van der Waals surface area contributed by atoms with Gasteiger partial charge in [0.25, 0.3) is 0 Å². The molecule has 1 N–H and O–H groups in total. The molecule has 1 aliphatic heterocycles. The highest BCUT2D eigenvalue weighted by atomic mass is 32.2. The Hall–Kier alpha value is -0.980. The smallest absolute Gasteiger partial charge is 0.214 e. The fraction of sp³-hybridized carbons (Fsp3) is 0.615. The number of pyridine rings is 1. The molecule has 1 aromatic heterocycles. The number of rotatable bonds is 6. The lowest BCUT2D eigenvalue weighted by Gasteiger charge is -2.20. The first-order valence-corrected chi connectivity index (χ1v) is 8.26. The molecule has 106 valence electrons. The second kappa shape index (κ2) is 6.45. The third-order valence-corrected chi connectivity index (χ3v) is 5.28. The van der Waals surface area contributed by atoms with E-state index >= 15 is 0 Å². The summed E-state index contributed by atoms with van der Waals surface area (Å²) in [5.41, 5.74) is 0.818. The number of hydrogen-bond donors (Lipinski definition) is 1. The summed E-state index contributed by atoms with van der Waals surface area (Å²) in [4.78, 5) is 4.15. The van der Waals surface area contributed by atoms with Crippen molar-refractivity contribution in [2.45, 2.75) is 25.3 Å². The molecule has 19 heavy (non-hydrogen) atoms. The summed E-state index contributed by atoms with van der Waals surface area (Å²) in [6.45, 7) is 1.55. The zero-order valence-corrected chi connectivity index (χ0v) is 12.1. The molecule has 0 spiro atoms. The minimum Gasteiger partial charge on any atom is -0.313 e. The van der Waals surface area contributed by atoms with E-state index in [9.17, 15) is 8.42 Å². The van der Waals surface area contributed by atoms with Crippen molar-refractivity contribution in [2.75, 3.05) is 25.9 Å². The van der Waals surface area contributed by atoms with Crippen molar-refractivity contribution in [3.8, 4) is 0 Å². The lowest BCUT2D eigenvalue weighted by atomic mass is 10.2. The normalized spacial score (nSPS) is 20.0. The van der Waals surface area contributed by atoms with Crippen LogP contribution in [0.3, 0.4) is 0 Å². The number of hydrogen-bond acceptors (Lipinski definition) is 4. The maximum atomic E-state index is 12.2. The predicted octanol–water partition coefficient (Wildman–Crippen LogP) is 0.638. The van der Waals surface area contributed by atoms with Crippen molar-refractivity contribution in [1.29, 1.82) is 0 Å². The van der Waals surface area contributed by atoms with Gasteiger partial charge in [0.05, 0.1) is 5.75 Å². The van der Waals surface area contributed by atoms with Crippen LogP contribution in [0.15, 0.2) is 24.4 Å². The molecule has 0 saturated carbocycles. The van der Waals surface area contributed by atoms with Gasteiger partial charge in [-0.1, -0.05) is 6.07 Å². The van der Waals surface area contributed by atoms with Crippen LogP contribution in [0.4, 0.5) is 0 Å². The van der Waals surface area contributed by atoms with Crippen molar-refractivity contribution in [3.05, 3.63) is 30.1 Å². The van der Waals surface area contributed by atoms with E-state index in [4.69, 9.17) is 0 Å². The van der Waals surface area contributed by atoms with Gasteiger partial charge < -0.3 is 5.32 Å². The van der Waals surface area contributed by atoms with Gasteiger partial charge in [0, 0.05) is 37.9 Å². The highest BCUT2D eigenvalue weighted by Gasteiger charge is 2.23. The van der Waals surface area contributed by atoms with Gasteiger partial charge in [0.1, 0.15) is 0 Å². The maximum Gasteiger partial charge on any atom is 0.214 e. The van der Waals surface area contributed by atoms with Crippen molar-refractivity contribution in [3.63, 3.8) is 0 Å². The molecule has 0 bridgehead atoms. The summed E-state index contributed by atoms with van der Waals surface area (Å²) in [5.74, 6) is 0.118. The van der Waals surface area contributed by atoms with Gasteiger partial charge in [-0.05, 0) is 31.5 Å². The number of aryl methyl sites for hydroxylation is 1. The van der Waals surface area contributed by atoms with Gasteiger partial charge in [-0.3, -0.25) is 4.98 Å². The van der Waals surface area contributed by atoms with Crippen molar-refractivity contribution < 1.29 is 8.42 Å². The summed E-state index contributed by atoms with van der Waals surface area (Å²) in [6.07, 6.45) is 4.34. The molecule has 1 saturated heterocycles. The number of nitrogens with one attached hydrogen (secondary N) is 1. The number of likely N-dealkylation sites (N-methyl/N-ethyl adjacent to an activating group) is 1. The van der Waals surface area contributed by atoms with Crippen LogP contribution in [-0.2, 0) is 16.4 Å². The Kier molecular flexibility index (Phi) is 4.90. The van der Waals surface area contributed by atoms with E-state index in [0.717, 1.165) is 25.1 Å². The molecule has 5 nitrogen and oxygen atoms in total. The van der Waals surface area contributed by atoms with Gasteiger partial charge in [0.2, 0.25) is 10.0 Å². The van der Waals surface area contributed by atoms with Gasteiger partial charge in [-0.25, -0.2) is 12.7 Å². The van der Waals surface area contributed by atoms with Gasteiger partial charge >= 0.3 is 0 Å². The average molecular weight is 283 g/mol. The summed E-state index contributed by atoms with van der Waals surface area (Å²) >= 11 is 0. The first-order valence-electron chi connectivity index (χ1n) is 6.65. The van der Waals surface area contributed by atoms with Crippen LogP contribution in [-0.4, -0.2) is 49.6 Å². The minimum absolute atomic E-state index is 0.118. The molecule has 1 fully saturated rings. The summed E-state index contributed by atoms with van der Waals surface area (Å²) in [7, 11) is -1.53. The molecular formula is C13H21N3O2S. The summed E-state index contributed by atoms with van der Waals surface area (Å²) in [5, 5.41) is 3.31. The average Bonchev–Trinajstić information content (AvgIpc) is 2.90. The number of sulfonamides is 1. The Morgan fingerprint density at radius 2 is 2.32 bits per heavy atom. The molecule has 1 unspecified atom stereocenters. The first-order chi connectivity index (χ1) is 9.08. The minimum atomic E-state index is -3.19. The van der Waals surface area contributed by atoms with E-state index in [0.29, 0.717) is 19.0 Å². The van der Waals surface area contributed by atoms with E-state index in [1.54, 1.807) is 13.2 Å². The van der Waals surface area contributed by atoms with E-state index < -0.39 is 10.0 Å². The van der Waals surface area contributed by atoms with Gasteiger partial charge in [-0.2, -0.15) is 0 Å². The second-order valence-electron chi connectivity index (χ2n) is 4.96. The Bertz CT molecular complexity index is 484. The number of nitrogens with zero attached hydrogens (tertiary/aromatic N) is 2. The van der Waals surface area contributed by atoms with E-state index in [-0.39, 0.29) is 5.75 Å².